The molecule has 47 heavy (non-hydrogen) atoms. The van der Waals surface area contributed by atoms with Gasteiger partial charge in [-0.15, -0.1) is 0 Å². The van der Waals surface area contributed by atoms with Crippen LogP contribution in [0.15, 0.2) is 107 Å². The van der Waals surface area contributed by atoms with Gasteiger partial charge in [-0.2, -0.15) is 16.8 Å². The first kappa shape index (κ1) is 32.5. The SMILES string of the molecule is O=c1c(O)c(-c2cc(O)c(O)c(S(=O)(=O)O)c2)oc2cc(O)cc(O)c12.O=c1c(S(=O)(=O)O)c(-c2ccccc2)oc2ccccc12. The summed E-state index contributed by atoms with van der Waals surface area (Å²) in [6.07, 6.45) is 0. The Labute approximate surface area is 262 Å². The van der Waals surface area contributed by atoms with Crippen LogP contribution in [0.2, 0.25) is 0 Å². The van der Waals surface area contributed by atoms with E-state index in [0.29, 0.717) is 11.6 Å². The maximum absolute atomic E-state index is 12.4. The zero-order chi connectivity index (χ0) is 34.4. The highest BCUT2D eigenvalue weighted by atomic mass is 32.2. The monoisotopic (exact) mass is 684 g/mol. The van der Waals surface area contributed by atoms with E-state index in [0.717, 1.165) is 18.2 Å². The average molecular weight is 685 g/mol. The Hall–Kier alpha value is -5.88. The van der Waals surface area contributed by atoms with Crippen LogP contribution in [0.3, 0.4) is 0 Å². The Bertz CT molecular complexity index is 2550. The number of fused-ring (bicyclic) bond motifs is 2. The van der Waals surface area contributed by atoms with Crippen molar-refractivity contribution in [2.75, 3.05) is 0 Å². The molecule has 7 N–H and O–H groups in total. The van der Waals surface area contributed by atoms with E-state index in [1.165, 1.54) is 6.07 Å². The zero-order valence-electron chi connectivity index (χ0n) is 23.2. The van der Waals surface area contributed by atoms with E-state index in [4.69, 9.17) is 13.4 Å². The Morgan fingerprint density at radius 2 is 1.17 bits per heavy atom. The molecule has 0 bridgehead atoms. The number of benzene rings is 4. The predicted molar refractivity (Wildman–Crippen MR) is 164 cm³/mol. The Morgan fingerprint density at radius 3 is 1.81 bits per heavy atom. The second kappa shape index (κ2) is 11.8. The summed E-state index contributed by atoms with van der Waals surface area (Å²) in [5.41, 5.74) is -1.95. The van der Waals surface area contributed by atoms with E-state index < -0.39 is 80.8 Å². The minimum Gasteiger partial charge on any atom is -0.508 e. The molecule has 0 radical (unpaired) electrons. The molecule has 17 heteroatoms. The highest BCUT2D eigenvalue weighted by Crippen LogP contribution is 2.41. The highest BCUT2D eigenvalue weighted by Gasteiger charge is 2.26. The van der Waals surface area contributed by atoms with Crippen molar-refractivity contribution in [3.8, 4) is 51.4 Å². The van der Waals surface area contributed by atoms with Crippen molar-refractivity contribution in [3.63, 3.8) is 0 Å². The van der Waals surface area contributed by atoms with Gasteiger partial charge in [0.15, 0.2) is 27.9 Å². The third kappa shape index (κ3) is 6.18. The van der Waals surface area contributed by atoms with Crippen LogP contribution in [-0.4, -0.2) is 51.5 Å². The van der Waals surface area contributed by atoms with E-state index >= 15 is 0 Å². The van der Waals surface area contributed by atoms with Crippen molar-refractivity contribution >= 4 is 42.2 Å². The maximum Gasteiger partial charge on any atom is 0.302 e. The molecule has 242 valence electrons. The molecule has 4 aromatic carbocycles. The fourth-order valence-corrected chi connectivity index (χ4v) is 5.89. The van der Waals surface area contributed by atoms with Gasteiger partial charge in [0.2, 0.25) is 16.6 Å². The van der Waals surface area contributed by atoms with Gasteiger partial charge in [0, 0.05) is 23.3 Å². The summed E-state index contributed by atoms with van der Waals surface area (Å²) in [6, 6.07) is 17.8. The van der Waals surface area contributed by atoms with Gasteiger partial charge in [0.25, 0.3) is 10.1 Å². The van der Waals surface area contributed by atoms with Crippen molar-refractivity contribution in [2.24, 2.45) is 0 Å². The molecule has 0 saturated heterocycles. The van der Waals surface area contributed by atoms with Gasteiger partial charge in [-0.1, -0.05) is 42.5 Å². The number of rotatable bonds is 4. The average Bonchev–Trinajstić information content (AvgIpc) is 2.99. The van der Waals surface area contributed by atoms with Gasteiger partial charge >= 0.3 is 10.1 Å². The molecule has 6 rings (SSSR count). The molecule has 0 fully saturated rings. The largest absolute Gasteiger partial charge is 0.508 e. The fraction of sp³-hybridized carbons (Fsp3) is 0. The lowest BCUT2D eigenvalue weighted by Crippen LogP contribution is -2.16. The predicted octanol–water partition coefficient (Wildman–Crippen LogP) is 3.94. The van der Waals surface area contributed by atoms with Crippen LogP contribution in [-0.2, 0) is 20.2 Å². The van der Waals surface area contributed by atoms with Gasteiger partial charge < -0.3 is 34.4 Å². The Balaban J connectivity index is 0.000000189. The first-order chi connectivity index (χ1) is 22.0. The Morgan fingerprint density at radius 1 is 0.553 bits per heavy atom. The number of hydrogen-bond acceptors (Lipinski definition) is 13. The minimum absolute atomic E-state index is 0.102. The first-order valence-corrected chi connectivity index (χ1v) is 15.7. The van der Waals surface area contributed by atoms with Crippen LogP contribution in [0.25, 0.3) is 44.6 Å². The lowest BCUT2D eigenvalue weighted by Gasteiger charge is -2.10. The maximum atomic E-state index is 12.4. The minimum atomic E-state index is -4.96. The normalized spacial score (nSPS) is 11.7. The van der Waals surface area contributed by atoms with E-state index in [-0.39, 0.29) is 27.9 Å². The number of phenols is 4. The van der Waals surface area contributed by atoms with Gasteiger partial charge in [-0.3, -0.25) is 18.7 Å². The van der Waals surface area contributed by atoms with Crippen LogP contribution in [0.4, 0.5) is 0 Å². The summed E-state index contributed by atoms with van der Waals surface area (Å²) in [6.45, 7) is 0. The first-order valence-electron chi connectivity index (χ1n) is 12.8. The summed E-state index contributed by atoms with van der Waals surface area (Å²) < 4.78 is 75.1. The summed E-state index contributed by atoms with van der Waals surface area (Å²) in [4.78, 5) is 22.8. The van der Waals surface area contributed by atoms with Gasteiger partial charge in [-0.25, -0.2) is 0 Å². The summed E-state index contributed by atoms with van der Waals surface area (Å²) in [5.74, 6) is -5.07. The quantitative estimate of drug-likeness (QED) is 0.102. The van der Waals surface area contributed by atoms with Crippen molar-refractivity contribution in [3.05, 3.63) is 99.3 Å². The molecule has 0 aliphatic rings. The zero-order valence-corrected chi connectivity index (χ0v) is 24.9. The van der Waals surface area contributed by atoms with Crippen LogP contribution < -0.4 is 10.9 Å². The number of aromatic hydroxyl groups is 5. The molecule has 15 nitrogen and oxygen atoms in total. The molecular formula is C30H20O15S2. The van der Waals surface area contributed by atoms with Crippen molar-refractivity contribution < 1.29 is 60.3 Å². The second-order valence-corrected chi connectivity index (χ2v) is 12.4. The molecule has 2 aromatic heterocycles. The van der Waals surface area contributed by atoms with Crippen molar-refractivity contribution in [1.29, 1.82) is 0 Å². The summed E-state index contributed by atoms with van der Waals surface area (Å²) in [7, 11) is -9.67. The van der Waals surface area contributed by atoms with E-state index in [1.54, 1.807) is 48.5 Å². The molecular weight excluding hydrogens is 664 g/mol. The number of para-hydroxylation sites is 1. The molecule has 0 saturated carbocycles. The topological polar surface area (TPSA) is 270 Å². The summed E-state index contributed by atoms with van der Waals surface area (Å²) in [5, 5.41) is 48.2. The van der Waals surface area contributed by atoms with Gasteiger partial charge in [0.05, 0.1) is 5.39 Å². The smallest absolute Gasteiger partial charge is 0.302 e. The molecule has 6 aromatic rings. The third-order valence-corrected chi connectivity index (χ3v) is 8.33. The fourth-order valence-electron chi connectivity index (χ4n) is 4.53. The van der Waals surface area contributed by atoms with E-state index in [2.05, 4.69) is 0 Å². The van der Waals surface area contributed by atoms with E-state index in [9.17, 15) is 56.5 Å². The highest BCUT2D eigenvalue weighted by molar-refractivity contribution is 7.86. The molecule has 0 amide bonds. The second-order valence-electron chi connectivity index (χ2n) is 9.69. The van der Waals surface area contributed by atoms with Crippen molar-refractivity contribution in [1.82, 2.24) is 0 Å². The molecule has 0 unspecified atom stereocenters. The number of phenolic OH excluding ortho intramolecular Hbond substituents is 4. The third-order valence-electron chi connectivity index (χ3n) is 6.58. The van der Waals surface area contributed by atoms with Crippen molar-refractivity contribution in [2.45, 2.75) is 9.79 Å². The van der Waals surface area contributed by atoms with Crippen LogP contribution in [0, 0.1) is 0 Å². The Kier molecular flexibility index (Phi) is 8.17. The number of hydrogen-bond donors (Lipinski definition) is 7. The van der Waals surface area contributed by atoms with Crippen LogP contribution >= 0.6 is 0 Å². The summed E-state index contributed by atoms with van der Waals surface area (Å²) >= 11 is 0. The standard InChI is InChI=1S/C15H10O10S.C15H10O5S/c16-6-3-7(17)11-9(4-6)25-15(14(21)13(11)20)5-1-8(18)12(19)10(2-5)26(22,23)24;16-13-11-8-4-5-9-12(11)20-14(15(13)21(17,18)19)10-6-2-1-3-7-10/h1-4,16-19,21H,(H,22,23,24);1-9H,(H,17,18,19). The molecule has 0 spiro atoms. The van der Waals surface area contributed by atoms with Crippen LogP contribution in [0.1, 0.15) is 0 Å². The van der Waals surface area contributed by atoms with Crippen LogP contribution in [0.5, 0.6) is 28.7 Å². The van der Waals surface area contributed by atoms with Gasteiger partial charge in [0.1, 0.15) is 32.9 Å². The van der Waals surface area contributed by atoms with Gasteiger partial charge in [-0.05, 0) is 24.3 Å². The molecule has 0 aliphatic heterocycles. The molecule has 2 heterocycles. The molecule has 0 aliphatic carbocycles. The lowest BCUT2D eigenvalue weighted by atomic mass is 10.1. The lowest BCUT2D eigenvalue weighted by molar-refractivity contribution is 0.388. The molecule has 0 atom stereocenters. The van der Waals surface area contributed by atoms with E-state index in [1.807, 2.05) is 0 Å².